The molecule has 0 spiro atoms. The van der Waals surface area contributed by atoms with Crippen molar-refractivity contribution >= 4 is 33.2 Å². The highest BCUT2D eigenvalue weighted by Crippen LogP contribution is 2.33. The van der Waals surface area contributed by atoms with Gasteiger partial charge in [0.05, 0.1) is 11.0 Å². The molecule has 0 unspecified atom stereocenters. The molecule has 0 fully saturated rings. The summed E-state index contributed by atoms with van der Waals surface area (Å²) in [6, 6.07) is 36.0. The van der Waals surface area contributed by atoms with E-state index in [4.69, 9.17) is 5.73 Å². The van der Waals surface area contributed by atoms with E-state index in [1.54, 1.807) is 0 Å². The number of allylic oxidation sites excluding steroid dienone is 3. The molecule has 0 saturated carbocycles. The summed E-state index contributed by atoms with van der Waals surface area (Å²) in [7, 11) is 0. The average molecular weight is 415 g/mol. The van der Waals surface area contributed by atoms with E-state index < -0.39 is 0 Å². The summed E-state index contributed by atoms with van der Waals surface area (Å²) in [4.78, 5) is 0. The van der Waals surface area contributed by atoms with Gasteiger partial charge in [0.2, 0.25) is 0 Å². The highest BCUT2D eigenvalue weighted by molar-refractivity contribution is 6.10. The van der Waals surface area contributed by atoms with Crippen LogP contribution < -0.4 is 5.73 Å². The molecule has 0 aliphatic carbocycles. The van der Waals surface area contributed by atoms with Crippen molar-refractivity contribution < 1.29 is 0 Å². The highest BCUT2D eigenvalue weighted by Gasteiger charge is 2.13. The van der Waals surface area contributed by atoms with Gasteiger partial charge in [-0.25, -0.2) is 0 Å². The summed E-state index contributed by atoms with van der Waals surface area (Å²) in [6.45, 7) is 2.14. The van der Waals surface area contributed by atoms with Crippen molar-refractivity contribution in [2.24, 2.45) is 5.73 Å². The first-order valence-electron chi connectivity index (χ1n) is 11.0. The Kier molecular flexibility index (Phi) is 5.35. The lowest BCUT2D eigenvalue weighted by Gasteiger charge is -2.12. The molecule has 2 N–H and O–H groups in total. The van der Waals surface area contributed by atoms with Crippen molar-refractivity contribution in [2.45, 2.75) is 13.3 Å². The summed E-state index contributed by atoms with van der Waals surface area (Å²) >= 11 is 0. The second-order valence-electron chi connectivity index (χ2n) is 8.16. The molecule has 1 heterocycles. The topological polar surface area (TPSA) is 30.9 Å². The third-order valence-electron chi connectivity index (χ3n) is 5.89. The van der Waals surface area contributed by atoms with Crippen LogP contribution in [0.25, 0.3) is 33.2 Å². The number of rotatable bonds is 5. The number of benzene rings is 4. The molecule has 0 amide bonds. The Bertz CT molecular complexity index is 1440. The zero-order valence-electron chi connectivity index (χ0n) is 18.2. The van der Waals surface area contributed by atoms with Crippen LogP contribution in [0.4, 0.5) is 0 Å². The zero-order valence-corrected chi connectivity index (χ0v) is 18.2. The van der Waals surface area contributed by atoms with Gasteiger partial charge in [0.25, 0.3) is 0 Å². The van der Waals surface area contributed by atoms with Gasteiger partial charge in [0, 0.05) is 22.2 Å². The van der Waals surface area contributed by atoms with Crippen LogP contribution >= 0.6 is 0 Å². The SMILES string of the molecule is Cc1ccc2c(c1)c1ccccc1n2C(/C=C(\N)c1ccccc1)=C/Cc1ccccc1. The molecule has 5 aromatic rings. The van der Waals surface area contributed by atoms with E-state index in [-0.39, 0.29) is 0 Å². The maximum atomic E-state index is 6.59. The third kappa shape index (κ3) is 3.83. The standard InChI is InChI=1S/C30H26N2/c1-22-16-19-30-27(20-22)26-14-8-9-15-29(26)32(30)25(18-17-23-10-4-2-5-11-23)21-28(31)24-12-6-3-7-13-24/h2-16,18-21H,17,31H2,1H3/b25-18+,28-21-. The molecule has 32 heavy (non-hydrogen) atoms. The summed E-state index contributed by atoms with van der Waals surface area (Å²) in [5.41, 5.74) is 14.3. The fourth-order valence-electron chi connectivity index (χ4n) is 4.29. The fraction of sp³-hybridized carbons (Fsp3) is 0.0667. The Labute approximate surface area is 188 Å². The molecular weight excluding hydrogens is 388 g/mol. The molecule has 0 aliphatic rings. The van der Waals surface area contributed by atoms with E-state index in [1.807, 2.05) is 18.2 Å². The van der Waals surface area contributed by atoms with Crippen molar-refractivity contribution in [3.63, 3.8) is 0 Å². The minimum atomic E-state index is 0.753. The van der Waals surface area contributed by atoms with E-state index in [9.17, 15) is 0 Å². The van der Waals surface area contributed by atoms with Crippen molar-refractivity contribution in [1.29, 1.82) is 0 Å². The van der Waals surface area contributed by atoms with Crippen LogP contribution in [-0.4, -0.2) is 4.57 Å². The summed E-state index contributed by atoms with van der Waals surface area (Å²) in [5.74, 6) is 0. The van der Waals surface area contributed by atoms with Gasteiger partial charge in [-0.2, -0.15) is 0 Å². The number of nitrogens with two attached hydrogens (primary N) is 1. The van der Waals surface area contributed by atoms with Crippen LogP contribution in [0.5, 0.6) is 0 Å². The monoisotopic (exact) mass is 414 g/mol. The molecular formula is C30H26N2. The lowest BCUT2D eigenvalue weighted by Crippen LogP contribution is -2.01. The van der Waals surface area contributed by atoms with E-state index in [2.05, 4.69) is 109 Å². The number of hydrogen-bond acceptors (Lipinski definition) is 1. The lowest BCUT2D eigenvalue weighted by molar-refractivity contribution is 1.19. The number of nitrogens with zero attached hydrogens (tertiary/aromatic N) is 1. The summed E-state index contributed by atoms with van der Waals surface area (Å²) in [5, 5.41) is 2.52. The Balaban J connectivity index is 1.74. The van der Waals surface area contributed by atoms with Gasteiger partial charge in [0.1, 0.15) is 0 Å². The van der Waals surface area contributed by atoms with Crippen LogP contribution in [0.1, 0.15) is 16.7 Å². The fourth-order valence-corrected chi connectivity index (χ4v) is 4.29. The van der Waals surface area contributed by atoms with Crippen molar-refractivity contribution in [3.8, 4) is 0 Å². The molecule has 0 bridgehead atoms. The first-order chi connectivity index (χ1) is 15.7. The molecule has 0 saturated heterocycles. The molecule has 5 rings (SSSR count). The quantitative estimate of drug-likeness (QED) is 0.303. The van der Waals surface area contributed by atoms with Gasteiger partial charge < -0.3 is 10.3 Å². The number of hydrogen-bond donors (Lipinski definition) is 1. The van der Waals surface area contributed by atoms with Gasteiger partial charge in [-0.15, -0.1) is 0 Å². The lowest BCUT2D eigenvalue weighted by atomic mass is 10.1. The molecule has 156 valence electrons. The third-order valence-corrected chi connectivity index (χ3v) is 5.89. The van der Waals surface area contributed by atoms with Crippen molar-refractivity contribution in [3.05, 3.63) is 132 Å². The Morgan fingerprint density at radius 2 is 1.41 bits per heavy atom. The summed E-state index contributed by atoms with van der Waals surface area (Å²) in [6.07, 6.45) is 5.20. The van der Waals surface area contributed by atoms with Crippen molar-refractivity contribution in [1.82, 2.24) is 4.57 Å². The zero-order chi connectivity index (χ0) is 21.9. The summed E-state index contributed by atoms with van der Waals surface area (Å²) < 4.78 is 2.34. The van der Waals surface area contributed by atoms with Crippen LogP contribution in [0.15, 0.2) is 115 Å². The molecule has 0 atom stereocenters. The van der Waals surface area contributed by atoms with E-state index in [0.29, 0.717) is 0 Å². The second-order valence-corrected chi connectivity index (χ2v) is 8.16. The normalized spacial score (nSPS) is 12.5. The molecule has 0 aliphatic heterocycles. The first kappa shape index (κ1) is 19.9. The number of aromatic nitrogens is 1. The Hall–Kier alpha value is -4.04. The Morgan fingerprint density at radius 3 is 2.19 bits per heavy atom. The van der Waals surface area contributed by atoms with Gasteiger partial charge in [-0.05, 0) is 48.7 Å². The second kappa shape index (κ2) is 8.60. The number of aryl methyl sites for hydroxylation is 1. The van der Waals surface area contributed by atoms with Crippen molar-refractivity contribution in [2.75, 3.05) is 0 Å². The van der Waals surface area contributed by atoms with E-state index in [1.165, 1.54) is 32.9 Å². The van der Waals surface area contributed by atoms with Gasteiger partial charge in [0.15, 0.2) is 0 Å². The maximum absolute atomic E-state index is 6.59. The predicted octanol–water partition coefficient (Wildman–Crippen LogP) is 7.19. The maximum Gasteiger partial charge on any atom is 0.0541 e. The Morgan fingerprint density at radius 1 is 0.750 bits per heavy atom. The van der Waals surface area contributed by atoms with Crippen LogP contribution in [0, 0.1) is 6.92 Å². The smallest absolute Gasteiger partial charge is 0.0541 e. The number of fused-ring (bicyclic) bond motifs is 3. The molecule has 2 nitrogen and oxygen atoms in total. The largest absolute Gasteiger partial charge is 0.398 e. The van der Waals surface area contributed by atoms with E-state index >= 15 is 0 Å². The van der Waals surface area contributed by atoms with Crippen LogP contribution in [-0.2, 0) is 6.42 Å². The van der Waals surface area contributed by atoms with Crippen LogP contribution in [0.2, 0.25) is 0 Å². The van der Waals surface area contributed by atoms with Crippen LogP contribution in [0.3, 0.4) is 0 Å². The van der Waals surface area contributed by atoms with E-state index in [0.717, 1.165) is 23.4 Å². The molecule has 4 aromatic carbocycles. The predicted molar refractivity (Wildman–Crippen MR) is 137 cm³/mol. The average Bonchev–Trinajstić information content (AvgIpc) is 3.16. The minimum Gasteiger partial charge on any atom is -0.398 e. The van der Waals surface area contributed by atoms with Gasteiger partial charge in [-0.1, -0.05) is 96.6 Å². The first-order valence-corrected chi connectivity index (χ1v) is 11.0. The number of para-hydroxylation sites is 1. The minimum absolute atomic E-state index is 0.753. The molecule has 0 radical (unpaired) electrons. The van der Waals surface area contributed by atoms with Gasteiger partial charge in [-0.3, -0.25) is 0 Å². The van der Waals surface area contributed by atoms with Gasteiger partial charge >= 0.3 is 0 Å². The molecule has 1 aromatic heterocycles. The molecule has 2 heteroatoms. The highest BCUT2D eigenvalue weighted by atomic mass is 15.0.